The van der Waals surface area contributed by atoms with Crippen LogP contribution in [0.1, 0.15) is 34.3 Å². The highest BCUT2D eigenvalue weighted by Crippen LogP contribution is 2.31. The van der Waals surface area contributed by atoms with Gasteiger partial charge in [0.2, 0.25) is 0 Å². The second-order valence-electron chi connectivity index (χ2n) is 9.61. The number of piperidine rings is 1. The number of carbonyl (C=O) groups excluding carboxylic acids is 2. The summed E-state index contributed by atoms with van der Waals surface area (Å²) in [7, 11) is 0. The maximum absolute atomic E-state index is 13.1. The zero-order valence-corrected chi connectivity index (χ0v) is 21.8. The van der Waals surface area contributed by atoms with Gasteiger partial charge in [0.1, 0.15) is 11.5 Å². The predicted octanol–water partition coefficient (Wildman–Crippen LogP) is 4.46. The summed E-state index contributed by atoms with van der Waals surface area (Å²) >= 11 is 1.52. The molecule has 5 heterocycles. The maximum Gasteiger partial charge on any atom is 0.320 e. The first kappa shape index (κ1) is 24.3. The van der Waals surface area contributed by atoms with Crippen LogP contribution < -0.4 is 10.2 Å². The molecule has 3 aromatic heterocycles. The highest BCUT2D eigenvalue weighted by molar-refractivity contribution is 7.10. The van der Waals surface area contributed by atoms with Gasteiger partial charge in [0.25, 0.3) is 5.91 Å². The minimum absolute atomic E-state index is 0.118. The first-order valence-electron chi connectivity index (χ1n) is 13.0. The van der Waals surface area contributed by atoms with Gasteiger partial charge >= 0.3 is 6.03 Å². The predicted molar refractivity (Wildman–Crippen MR) is 149 cm³/mol. The number of hydrogen-bond donors (Lipinski definition) is 1. The molecule has 1 N–H and O–H groups in total. The third-order valence-corrected chi connectivity index (χ3v) is 8.28. The minimum atomic E-state index is -0.233. The van der Waals surface area contributed by atoms with E-state index in [9.17, 15) is 9.59 Å². The van der Waals surface area contributed by atoms with E-state index < -0.39 is 0 Å². The van der Waals surface area contributed by atoms with Crippen molar-refractivity contribution >= 4 is 45.7 Å². The van der Waals surface area contributed by atoms with Crippen molar-refractivity contribution in [2.75, 3.05) is 49.5 Å². The SMILES string of the molecule is O=C(Nc1cccc2cccnc12)c1csc(C2CCN(C(=O)N3CCN(c4ccccn4)CC3)CC2)n1. The number of likely N-dealkylation sites (tertiary alicyclic amines) is 1. The van der Waals surface area contributed by atoms with Crippen molar-refractivity contribution in [2.24, 2.45) is 0 Å². The van der Waals surface area contributed by atoms with Crippen molar-refractivity contribution < 1.29 is 9.59 Å². The van der Waals surface area contributed by atoms with E-state index in [0.717, 1.165) is 47.7 Å². The zero-order chi connectivity index (χ0) is 25.9. The van der Waals surface area contributed by atoms with E-state index in [1.807, 2.05) is 63.7 Å². The molecule has 194 valence electrons. The number of para-hydroxylation sites is 1. The smallest absolute Gasteiger partial charge is 0.320 e. The van der Waals surface area contributed by atoms with Crippen LogP contribution in [0.5, 0.6) is 0 Å². The number of carbonyl (C=O) groups is 2. The third kappa shape index (κ3) is 5.04. The number of urea groups is 1. The number of anilines is 2. The number of piperazine rings is 1. The Hall–Kier alpha value is -4.05. The lowest BCUT2D eigenvalue weighted by molar-refractivity contribution is 0.102. The quantitative estimate of drug-likeness (QED) is 0.421. The first-order valence-corrected chi connectivity index (χ1v) is 13.8. The van der Waals surface area contributed by atoms with Crippen molar-refractivity contribution in [1.82, 2.24) is 24.8 Å². The van der Waals surface area contributed by atoms with Gasteiger partial charge in [-0.05, 0) is 37.1 Å². The molecule has 0 atom stereocenters. The van der Waals surface area contributed by atoms with Crippen molar-refractivity contribution in [1.29, 1.82) is 0 Å². The molecule has 4 aromatic rings. The van der Waals surface area contributed by atoms with Gasteiger partial charge in [0.15, 0.2) is 0 Å². The van der Waals surface area contributed by atoms with Gasteiger partial charge in [-0.2, -0.15) is 0 Å². The number of thiazole rings is 1. The zero-order valence-electron chi connectivity index (χ0n) is 21.0. The number of amides is 3. The fourth-order valence-corrected chi connectivity index (χ4v) is 6.13. The average molecular weight is 528 g/mol. The number of nitrogens with zero attached hydrogens (tertiary/aromatic N) is 6. The molecule has 6 rings (SSSR count). The van der Waals surface area contributed by atoms with Crippen molar-refractivity contribution in [3.05, 3.63) is 77.0 Å². The van der Waals surface area contributed by atoms with Crippen molar-refractivity contribution in [3.63, 3.8) is 0 Å². The van der Waals surface area contributed by atoms with E-state index in [1.54, 1.807) is 12.4 Å². The highest BCUT2D eigenvalue weighted by Gasteiger charge is 2.30. The highest BCUT2D eigenvalue weighted by atomic mass is 32.1. The Bertz CT molecular complexity index is 1420. The van der Waals surface area contributed by atoms with Crippen molar-refractivity contribution in [3.8, 4) is 0 Å². The van der Waals surface area contributed by atoms with Crippen molar-refractivity contribution in [2.45, 2.75) is 18.8 Å². The summed E-state index contributed by atoms with van der Waals surface area (Å²) in [5.74, 6) is 0.986. The number of hydrogen-bond acceptors (Lipinski definition) is 7. The average Bonchev–Trinajstić information content (AvgIpc) is 3.48. The Kier molecular flexibility index (Phi) is 6.87. The Labute approximate surface area is 225 Å². The van der Waals surface area contributed by atoms with Crippen LogP contribution in [0.2, 0.25) is 0 Å². The Morgan fingerprint density at radius 1 is 0.842 bits per heavy atom. The van der Waals surface area contributed by atoms with E-state index in [2.05, 4.69) is 25.2 Å². The molecule has 1 aromatic carbocycles. The molecular weight excluding hydrogens is 498 g/mol. The van der Waals surface area contributed by atoms with Crippen LogP contribution in [0.3, 0.4) is 0 Å². The summed E-state index contributed by atoms with van der Waals surface area (Å²) in [6, 6.07) is 15.6. The molecule has 2 saturated heterocycles. The number of benzene rings is 1. The van der Waals surface area contributed by atoms with Crippen LogP contribution in [-0.2, 0) is 0 Å². The summed E-state index contributed by atoms with van der Waals surface area (Å²) in [5.41, 5.74) is 1.85. The van der Waals surface area contributed by atoms with Gasteiger partial charge in [-0.15, -0.1) is 11.3 Å². The Balaban J connectivity index is 1.02. The molecule has 0 bridgehead atoms. The summed E-state index contributed by atoms with van der Waals surface area (Å²) in [6.45, 7) is 4.38. The molecule has 0 spiro atoms. The van der Waals surface area contributed by atoms with E-state index in [0.29, 0.717) is 37.6 Å². The fraction of sp³-hybridized carbons (Fsp3) is 0.321. The first-order chi connectivity index (χ1) is 18.7. The van der Waals surface area contributed by atoms with Crippen LogP contribution in [0, 0.1) is 0 Å². The number of rotatable bonds is 4. The molecule has 9 nitrogen and oxygen atoms in total. The normalized spacial score (nSPS) is 16.6. The van der Waals surface area contributed by atoms with Crippen LogP contribution in [0.15, 0.2) is 66.3 Å². The maximum atomic E-state index is 13.1. The van der Waals surface area contributed by atoms with Gasteiger partial charge in [0, 0.05) is 68.3 Å². The molecule has 0 radical (unpaired) electrons. The number of fused-ring (bicyclic) bond motifs is 1. The summed E-state index contributed by atoms with van der Waals surface area (Å²) in [5, 5.41) is 6.72. The van der Waals surface area contributed by atoms with Crippen LogP contribution in [0.25, 0.3) is 10.9 Å². The van der Waals surface area contributed by atoms with E-state index in [4.69, 9.17) is 0 Å². The standard InChI is InChI=1S/C28H29N7O2S/c36-26(31-22-7-3-5-20-6-4-12-30-25(20)22)23-19-38-27(32-23)21-9-13-34(14-10-21)28(37)35-17-15-33(16-18-35)24-8-1-2-11-29-24/h1-8,11-12,19,21H,9-10,13-18H2,(H,31,36). The Morgan fingerprint density at radius 2 is 1.61 bits per heavy atom. The molecule has 0 unspecified atom stereocenters. The minimum Gasteiger partial charge on any atom is -0.353 e. The van der Waals surface area contributed by atoms with Gasteiger partial charge in [-0.25, -0.2) is 14.8 Å². The largest absolute Gasteiger partial charge is 0.353 e. The molecular formula is C28H29N7O2S. The fourth-order valence-electron chi connectivity index (χ4n) is 5.16. The lowest BCUT2D eigenvalue weighted by Gasteiger charge is -2.39. The summed E-state index contributed by atoms with van der Waals surface area (Å²) in [6.07, 6.45) is 5.22. The van der Waals surface area contributed by atoms with Crippen LogP contribution in [-0.4, -0.2) is 76.0 Å². The molecule has 0 aliphatic carbocycles. The van der Waals surface area contributed by atoms with Gasteiger partial charge < -0.3 is 20.0 Å². The second-order valence-corrected chi connectivity index (χ2v) is 10.5. The van der Waals surface area contributed by atoms with Crippen LogP contribution >= 0.6 is 11.3 Å². The van der Waals surface area contributed by atoms with E-state index in [-0.39, 0.29) is 17.9 Å². The van der Waals surface area contributed by atoms with Gasteiger partial charge in [0.05, 0.1) is 16.2 Å². The summed E-state index contributed by atoms with van der Waals surface area (Å²) in [4.78, 5) is 45.7. The number of nitrogens with one attached hydrogen (secondary N) is 1. The van der Waals surface area contributed by atoms with Gasteiger partial charge in [-0.3, -0.25) is 9.78 Å². The second kappa shape index (κ2) is 10.7. The molecule has 38 heavy (non-hydrogen) atoms. The lowest BCUT2D eigenvalue weighted by Crippen LogP contribution is -2.54. The summed E-state index contributed by atoms with van der Waals surface area (Å²) < 4.78 is 0. The number of pyridine rings is 2. The monoisotopic (exact) mass is 527 g/mol. The molecule has 2 aliphatic heterocycles. The molecule has 10 heteroatoms. The van der Waals surface area contributed by atoms with Gasteiger partial charge in [-0.1, -0.05) is 24.3 Å². The molecule has 3 amide bonds. The van der Waals surface area contributed by atoms with Crippen LogP contribution in [0.4, 0.5) is 16.3 Å². The van der Waals surface area contributed by atoms with E-state index in [1.165, 1.54) is 11.3 Å². The number of aromatic nitrogens is 3. The molecule has 0 saturated carbocycles. The third-order valence-electron chi connectivity index (χ3n) is 7.27. The lowest BCUT2D eigenvalue weighted by atomic mass is 9.98. The Morgan fingerprint density at radius 3 is 2.39 bits per heavy atom. The molecule has 2 aliphatic rings. The topological polar surface area (TPSA) is 94.6 Å². The molecule has 2 fully saturated rings. The van der Waals surface area contributed by atoms with E-state index >= 15 is 0 Å².